The summed E-state index contributed by atoms with van der Waals surface area (Å²) < 4.78 is 26.2. The van der Waals surface area contributed by atoms with Crippen LogP contribution in [0.1, 0.15) is 79.8 Å². The minimum Gasteiger partial charge on any atom is -0.491 e. The Morgan fingerprint density at radius 3 is 2.13 bits per heavy atom. The van der Waals surface area contributed by atoms with Crippen LogP contribution in [-0.4, -0.2) is 47.4 Å². The summed E-state index contributed by atoms with van der Waals surface area (Å²) in [6.07, 6.45) is 6.90. The number of hydrogen-bond donors (Lipinski definition) is 2. The lowest BCUT2D eigenvalue weighted by Gasteiger charge is -2.32. The van der Waals surface area contributed by atoms with Gasteiger partial charge in [-0.25, -0.2) is 4.39 Å². The molecule has 0 amide bonds. The van der Waals surface area contributed by atoms with Gasteiger partial charge in [-0.1, -0.05) is 49.4 Å². The van der Waals surface area contributed by atoms with Crippen LogP contribution < -0.4 is 19.3 Å². The number of aryl methyl sites for hydroxylation is 1. The number of carboxylic acids is 2. The van der Waals surface area contributed by atoms with Gasteiger partial charge < -0.3 is 29.5 Å². The maximum absolute atomic E-state index is 14.5. The van der Waals surface area contributed by atoms with Gasteiger partial charge in [0.05, 0.1) is 23.8 Å². The van der Waals surface area contributed by atoms with Gasteiger partial charge in [0.25, 0.3) is 0 Å². The summed E-state index contributed by atoms with van der Waals surface area (Å²) in [6.45, 7) is 9.01. The number of carbonyl (C=O) groups is 2. The Bertz CT molecular complexity index is 1910. The minimum atomic E-state index is -0.775. The summed E-state index contributed by atoms with van der Waals surface area (Å²) in [6, 6.07) is 25.8. The number of nitrogens with zero attached hydrogens (tertiary/aromatic N) is 2. The molecule has 1 atom stereocenters. The zero-order chi connectivity index (χ0) is 37.5. The summed E-state index contributed by atoms with van der Waals surface area (Å²) >= 11 is 0. The molecule has 1 aliphatic carbocycles. The summed E-state index contributed by atoms with van der Waals surface area (Å²) in [7, 11) is 0. The Morgan fingerprint density at radius 1 is 0.792 bits per heavy atom. The van der Waals surface area contributed by atoms with Crippen LogP contribution in [0.4, 0.5) is 15.8 Å². The van der Waals surface area contributed by atoms with E-state index in [1.54, 1.807) is 13.0 Å². The molecule has 0 aromatic heterocycles. The van der Waals surface area contributed by atoms with Gasteiger partial charge in [-0.15, -0.1) is 0 Å². The van der Waals surface area contributed by atoms with Crippen LogP contribution >= 0.6 is 0 Å². The van der Waals surface area contributed by atoms with Crippen molar-refractivity contribution >= 4 is 23.3 Å². The lowest BCUT2D eigenvalue weighted by molar-refractivity contribution is -0.141. The van der Waals surface area contributed by atoms with Gasteiger partial charge in [0.2, 0.25) is 0 Å². The van der Waals surface area contributed by atoms with E-state index >= 15 is 0 Å². The maximum Gasteiger partial charge on any atom is 0.306 e. The van der Waals surface area contributed by atoms with E-state index in [4.69, 9.17) is 19.7 Å². The Labute approximate surface area is 312 Å². The molecule has 8 nitrogen and oxygen atoms in total. The van der Waals surface area contributed by atoms with E-state index < -0.39 is 17.9 Å². The molecule has 53 heavy (non-hydrogen) atoms. The Kier molecular flexibility index (Phi) is 12.2. The smallest absolute Gasteiger partial charge is 0.306 e. The highest BCUT2D eigenvalue weighted by atomic mass is 19.1. The molecular weight excluding hydrogens is 671 g/mol. The van der Waals surface area contributed by atoms with Crippen LogP contribution in [0, 0.1) is 11.7 Å². The predicted molar refractivity (Wildman–Crippen MR) is 206 cm³/mol. The molecule has 0 spiro atoms. The van der Waals surface area contributed by atoms with E-state index in [-0.39, 0.29) is 24.4 Å². The zero-order valence-corrected chi connectivity index (χ0v) is 31.0. The van der Waals surface area contributed by atoms with Crippen LogP contribution in [0.3, 0.4) is 0 Å². The Balaban J connectivity index is 0.000000183. The molecule has 1 saturated carbocycles. The van der Waals surface area contributed by atoms with Crippen molar-refractivity contribution in [2.75, 3.05) is 22.9 Å². The number of rotatable bonds is 12. The fourth-order valence-electron chi connectivity index (χ4n) is 7.13. The third-order valence-electron chi connectivity index (χ3n) is 10.3. The number of halogens is 1. The molecule has 2 aliphatic heterocycles. The Hall–Kier alpha value is -5.05. The largest absolute Gasteiger partial charge is 0.491 e. The molecule has 2 N–H and O–H groups in total. The standard InChI is InChI=1S/C23H26FNO3.C21H25NO3/c1-15(23(26)27)11-16-5-6-18-14-25(10-9-17(18)12-16)22-13-20(7-8-21(22)24)28-19-3-2-4-19;1-15(2)25-20-5-3-4-19(13-20)22-11-10-17-12-16(7-9-21(23)24)6-8-18(17)14-22/h5-8,12-13,15,19H,2-4,9-11,14H2,1H3,(H,26,27);3-6,8,12-13,15H,7,9-11,14H2,1-2H3,(H,23,24). The summed E-state index contributed by atoms with van der Waals surface area (Å²) in [4.78, 5) is 26.3. The van der Waals surface area contributed by atoms with E-state index in [2.05, 4.69) is 52.3 Å². The second-order valence-corrected chi connectivity index (χ2v) is 14.8. The van der Waals surface area contributed by atoms with Gasteiger partial charge in [-0.2, -0.15) is 0 Å². The molecular formula is C44H51FN2O6. The van der Waals surface area contributed by atoms with Crippen molar-refractivity contribution in [3.8, 4) is 11.5 Å². The van der Waals surface area contributed by atoms with Crippen molar-refractivity contribution < 1.29 is 33.7 Å². The third-order valence-corrected chi connectivity index (χ3v) is 10.3. The molecule has 4 aromatic carbocycles. The van der Waals surface area contributed by atoms with E-state index in [9.17, 15) is 14.0 Å². The van der Waals surface area contributed by atoms with E-state index in [1.807, 2.05) is 38.1 Å². The first-order valence-corrected chi connectivity index (χ1v) is 18.9. The molecule has 9 heteroatoms. The molecule has 1 unspecified atom stereocenters. The average molecular weight is 723 g/mol. The normalized spacial score (nSPS) is 15.7. The van der Waals surface area contributed by atoms with Crippen molar-refractivity contribution in [2.24, 2.45) is 5.92 Å². The van der Waals surface area contributed by atoms with Crippen molar-refractivity contribution in [2.45, 2.75) is 97.4 Å². The Morgan fingerprint density at radius 2 is 1.47 bits per heavy atom. The van der Waals surface area contributed by atoms with E-state index in [1.165, 1.54) is 40.4 Å². The fourth-order valence-corrected chi connectivity index (χ4v) is 7.13. The monoisotopic (exact) mass is 722 g/mol. The van der Waals surface area contributed by atoms with Gasteiger partial charge in [0.1, 0.15) is 17.3 Å². The molecule has 7 rings (SSSR count). The van der Waals surface area contributed by atoms with Crippen LogP contribution in [0.2, 0.25) is 0 Å². The minimum absolute atomic E-state index is 0.168. The van der Waals surface area contributed by atoms with Crippen molar-refractivity contribution in [1.82, 2.24) is 0 Å². The second kappa shape index (κ2) is 17.2. The fraction of sp³-hybridized carbons (Fsp3) is 0.409. The number of hydrogen-bond acceptors (Lipinski definition) is 6. The van der Waals surface area contributed by atoms with Gasteiger partial charge >= 0.3 is 11.9 Å². The molecule has 0 saturated heterocycles. The molecule has 4 aromatic rings. The molecule has 2 heterocycles. The molecule has 0 bridgehead atoms. The lowest BCUT2D eigenvalue weighted by atomic mass is 9.93. The summed E-state index contributed by atoms with van der Waals surface area (Å²) in [5.41, 5.74) is 8.99. The van der Waals surface area contributed by atoms with Crippen molar-refractivity contribution in [1.29, 1.82) is 0 Å². The first-order chi connectivity index (χ1) is 25.5. The highest BCUT2D eigenvalue weighted by Gasteiger charge is 2.23. The number of fused-ring (bicyclic) bond motifs is 2. The first kappa shape index (κ1) is 37.7. The van der Waals surface area contributed by atoms with Crippen LogP contribution in [0.5, 0.6) is 11.5 Å². The molecule has 1 fully saturated rings. The van der Waals surface area contributed by atoms with Crippen LogP contribution in [-0.2, 0) is 48.4 Å². The molecule has 280 valence electrons. The maximum atomic E-state index is 14.5. The van der Waals surface area contributed by atoms with Gasteiger partial charge in [0, 0.05) is 50.4 Å². The number of ether oxygens (including phenoxy) is 2. The SMILES string of the molecule is CC(C)Oc1cccc(N2CCc3cc(CCC(=O)O)ccc3C2)c1.CC(Cc1ccc2c(c1)CCN(c1cc(OC3CCC3)ccc1F)C2)C(=O)O. The lowest BCUT2D eigenvalue weighted by Crippen LogP contribution is -2.31. The van der Waals surface area contributed by atoms with Gasteiger partial charge in [-0.3, -0.25) is 9.59 Å². The quantitative estimate of drug-likeness (QED) is 0.150. The summed E-state index contributed by atoms with van der Waals surface area (Å²) in [5, 5.41) is 17.9. The molecule has 0 radical (unpaired) electrons. The van der Waals surface area contributed by atoms with E-state index in [0.29, 0.717) is 25.1 Å². The molecule has 3 aliphatic rings. The van der Waals surface area contributed by atoms with Gasteiger partial charge in [0.15, 0.2) is 0 Å². The summed E-state index contributed by atoms with van der Waals surface area (Å²) in [5.74, 6) is -0.495. The number of benzene rings is 4. The van der Waals surface area contributed by atoms with Gasteiger partial charge in [-0.05, 0) is 116 Å². The van der Waals surface area contributed by atoms with Crippen LogP contribution in [0.25, 0.3) is 0 Å². The second-order valence-electron chi connectivity index (χ2n) is 14.8. The third kappa shape index (κ3) is 10.1. The highest BCUT2D eigenvalue weighted by molar-refractivity contribution is 5.70. The van der Waals surface area contributed by atoms with Crippen molar-refractivity contribution in [3.05, 3.63) is 118 Å². The topological polar surface area (TPSA) is 99.5 Å². The number of carboxylic acid groups (broad SMARTS) is 2. The average Bonchev–Trinajstić information content (AvgIpc) is 3.12. The number of aliphatic carboxylic acids is 2. The number of anilines is 2. The highest BCUT2D eigenvalue weighted by Crippen LogP contribution is 2.33. The van der Waals surface area contributed by atoms with Crippen molar-refractivity contribution in [3.63, 3.8) is 0 Å². The zero-order valence-electron chi connectivity index (χ0n) is 31.0. The predicted octanol–water partition coefficient (Wildman–Crippen LogP) is 8.64. The van der Waals surface area contributed by atoms with E-state index in [0.717, 1.165) is 67.9 Å². The first-order valence-electron chi connectivity index (χ1n) is 18.9. The van der Waals surface area contributed by atoms with Crippen LogP contribution in [0.15, 0.2) is 78.9 Å².